The Kier molecular flexibility index (Phi) is 3.17. The summed E-state index contributed by atoms with van der Waals surface area (Å²) < 4.78 is 5.31. The molecule has 1 heterocycles. The van der Waals surface area contributed by atoms with E-state index in [2.05, 4.69) is 0 Å². The van der Waals surface area contributed by atoms with Gasteiger partial charge in [0.25, 0.3) is 0 Å². The highest BCUT2D eigenvalue weighted by Gasteiger charge is 2.45. The smallest absolute Gasteiger partial charge is 0.168 e. The van der Waals surface area contributed by atoms with Crippen molar-refractivity contribution in [2.45, 2.75) is 45.6 Å². The maximum atomic E-state index is 12.8. The summed E-state index contributed by atoms with van der Waals surface area (Å²) in [5, 5.41) is 9.99. The Bertz CT molecular complexity index is 592. The quantitative estimate of drug-likeness (QED) is 0.628. The van der Waals surface area contributed by atoms with E-state index in [0.717, 1.165) is 41.7 Å². The van der Waals surface area contributed by atoms with Crippen LogP contribution in [0.4, 0.5) is 0 Å². The molecule has 0 amide bonds. The van der Waals surface area contributed by atoms with E-state index < -0.39 is 5.41 Å². The van der Waals surface area contributed by atoms with Gasteiger partial charge in [-0.1, -0.05) is 5.57 Å². The van der Waals surface area contributed by atoms with Gasteiger partial charge in [0.1, 0.15) is 5.76 Å². The van der Waals surface area contributed by atoms with Crippen LogP contribution in [-0.4, -0.2) is 17.0 Å². The summed E-state index contributed by atoms with van der Waals surface area (Å²) in [5.74, 6) is 0.929. The monoisotopic (exact) mass is 272 g/mol. The van der Waals surface area contributed by atoms with E-state index >= 15 is 0 Å². The Labute approximate surface area is 119 Å². The fourth-order valence-corrected chi connectivity index (χ4v) is 3.56. The predicted octanol–water partition coefficient (Wildman–Crippen LogP) is 3.50. The highest BCUT2D eigenvalue weighted by molar-refractivity contribution is 6.06. The number of rotatable bonds is 1. The molecule has 1 saturated carbocycles. The zero-order valence-corrected chi connectivity index (χ0v) is 12.0. The van der Waals surface area contributed by atoms with Crippen LogP contribution in [0.1, 0.15) is 45.3 Å². The van der Waals surface area contributed by atoms with Crippen LogP contribution in [0, 0.1) is 5.41 Å². The molecule has 1 N–H and O–H groups in total. The molecule has 2 aliphatic rings. The number of hydrogen-bond acceptors (Lipinski definition) is 3. The molecular weight excluding hydrogens is 252 g/mol. The summed E-state index contributed by atoms with van der Waals surface area (Å²) in [6, 6.07) is 3.69. The minimum absolute atomic E-state index is 0.196. The third-order valence-electron chi connectivity index (χ3n) is 4.86. The molecule has 0 spiro atoms. The summed E-state index contributed by atoms with van der Waals surface area (Å²) in [5.41, 5.74) is 2.57. The molecule has 0 aliphatic heterocycles. The van der Waals surface area contributed by atoms with Crippen molar-refractivity contribution in [1.82, 2.24) is 0 Å². The second-order valence-electron chi connectivity index (χ2n) is 6.06. The number of carbonyl (C=O) groups is 1. The van der Waals surface area contributed by atoms with Gasteiger partial charge >= 0.3 is 0 Å². The highest BCUT2D eigenvalue weighted by atomic mass is 16.3. The van der Waals surface area contributed by atoms with Gasteiger partial charge in [0.2, 0.25) is 0 Å². The van der Waals surface area contributed by atoms with Crippen molar-refractivity contribution < 1.29 is 14.3 Å². The van der Waals surface area contributed by atoms with Gasteiger partial charge in [-0.3, -0.25) is 4.79 Å². The van der Waals surface area contributed by atoms with Crippen molar-refractivity contribution in [3.05, 3.63) is 40.9 Å². The number of Topliss-reactive ketones (excluding diaryl/α,β-unsaturated/α-hetero) is 1. The van der Waals surface area contributed by atoms with Crippen LogP contribution in [0.25, 0.3) is 6.08 Å². The van der Waals surface area contributed by atoms with E-state index in [-0.39, 0.29) is 11.9 Å². The van der Waals surface area contributed by atoms with Crippen LogP contribution in [0.3, 0.4) is 0 Å². The SMILES string of the molecule is CC1=C2CC/C(=C\c3ccco3)C(=O)[C@]2(C)CCC1O. The Hall–Kier alpha value is -1.61. The molecule has 1 aromatic rings. The second-order valence-corrected chi connectivity index (χ2v) is 6.06. The van der Waals surface area contributed by atoms with Gasteiger partial charge in [-0.15, -0.1) is 0 Å². The Morgan fingerprint density at radius 3 is 2.95 bits per heavy atom. The van der Waals surface area contributed by atoms with Gasteiger partial charge in [-0.2, -0.15) is 0 Å². The third-order valence-corrected chi connectivity index (χ3v) is 4.86. The molecule has 3 rings (SSSR count). The summed E-state index contributed by atoms with van der Waals surface area (Å²) in [6.45, 7) is 3.99. The lowest BCUT2D eigenvalue weighted by atomic mass is 9.61. The van der Waals surface area contributed by atoms with E-state index in [9.17, 15) is 9.90 Å². The van der Waals surface area contributed by atoms with Crippen molar-refractivity contribution >= 4 is 11.9 Å². The summed E-state index contributed by atoms with van der Waals surface area (Å²) in [7, 11) is 0. The summed E-state index contributed by atoms with van der Waals surface area (Å²) in [4.78, 5) is 12.8. The van der Waals surface area contributed by atoms with Crippen molar-refractivity contribution in [1.29, 1.82) is 0 Å². The molecule has 0 aromatic carbocycles. The van der Waals surface area contributed by atoms with Crippen LogP contribution < -0.4 is 0 Å². The maximum Gasteiger partial charge on any atom is 0.168 e. The lowest BCUT2D eigenvalue weighted by Gasteiger charge is -2.42. The molecule has 1 aromatic heterocycles. The molecule has 0 saturated heterocycles. The zero-order chi connectivity index (χ0) is 14.3. The number of aliphatic hydroxyl groups is 1. The van der Waals surface area contributed by atoms with E-state index in [1.54, 1.807) is 6.26 Å². The van der Waals surface area contributed by atoms with E-state index in [4.69, 9.17) is 4.42 Å². The van der Waals surface area contributed by atoms with Crippen LogP contribution in [0.2, 0.25) is 0 Å². The number of carbonyl (C=O) groups excluding carboxylic acids is 1. The first kappa shape index (κ1) is 13.4. The minimum Gasteiger partial charge on any atom is -0.465 e. The van der Waals surface area contributed by atoms with Gasteiger partial charge in [0, 0.05) is 5.57 Å². The molecule has 3 heteroatoms. The topological polar surface area (TPSA) is 50.4 Å². The van der Waals surface area contributed by atoms with E-state index in [1.165, 1.54) is 0 Å². The molecule has 1 unspecified atom stereocenters. The third kappa shape index (κ3) is 1.97. The molecule has 3 nitrogen and oxygen atoms in total. The average molecular weight is 272 g/mol. The fraction of sp³-hybridized carbons (Fsp3) is 0.471. The lowest BCUT2D eigenvalue weighted by Crippen LogP contribution is -2.40. The van der Waals surface area contributed by atoms with Crippen molar-refractivity contribution in [3.8, 4) is 0 Å². The number of fused-ring (bicyclic) bond motifs is 1. The van der Waals surface area contributed by atoms with Crippen LogP contribution >= 0.6 is 0 Å². The van der Waals surface area contributed by atoms with Crippen LogP contribution in [0.15, 0.2) is 39.5 Å². The molecule has 106 valence electrons. The first-order valence-electron chi connectivity index (χ1n) is 7.19. The standard InChI is InChI=1S/C17H20O3/c1-11-14-6-5-12(10-13-4-3-9-20-13)16(19)17(14,2)8-7-15(11)18/h3-4,9-10,15,18H,5-8H2,1-2H3/b12-10+/t15?,17-/m1/s1. The van der Waals surface area contributed by atoms with Gasteiger partial charge in [-0.05, 0) is 63.3 Å². The first-order valence-corrected chi connectivity index (χ1v) is 7.19. The summed E-state index contributed by atoms with van der Waals surface area (Å²) in [6.07, 6.45) is 6.10. The molecule has 20 heavy (non-hydrogen) atoms. The highest BCUT2D eigenvalue weighted by Crippen LogP contribution is 2.49. The Morgan fingerprint density at radius 2 is 2.25 bits per heavy atom. The van der Waals surface area contributed by atoms with Crippen molar-refractivity contribution in [2.24, 2.45) is 5.41 Å². The number of ketones is 1. The molecule has 2 atom stereocenters. The van der Waals surface area contributed by atoms with Gasteiger partial charge in [-0.25, -0.2) is 0 Å². The zero-order valence-electron chi connectivity index (χ0n) is 12.0. The molecule has 0 radical (unpaired) electrons. The van der Waals surface area contributed by atoms with Crippen LogP contribution in [-0.2, 0) is 4.79 Å². The van der Waals surface area contributed by atoms with Gasteiger partial charge in [0.15, 0.2) is 5.78 Å². The number of furan rings is 1. The normalized spacial score (nSPS) is 32.6. The van der Waals surface area contributed by atoms with Crippen LogP contribution in [0.5, 0.6) is 0 Å². The molecular formula is C17H20O3. The van der Waals surface area contributed by atoms with E-state index in [0.29, 0.717) is 6.42 Å². The average Bonchev–Trinajstić information content (AvgIpc) is 2.93. The minimum atomic E-state index is -0.431. The number of aliphatic hydroxyl groups excluding tert-OH is 1. The van der Waals surface area contributed by atoms with Crippen molar-refractivity contribution in [2.75, 3.05) is 0 Å². The second kappa shape index (κ2) is 4.74. The molecule has 1 fully saturated rings. The van der Waals surface area contributed by atoms with Gasteiger partial charge in [0.05, 0.1) is 17.8 Å². The van der Waals surface area contributed by atoms with Crippen molar-refractivity contribution in [3.63, 3.8) is 0 Å². The molecule has 0 bridgehead atoms. The summed E-state index contributed by atoms with van der Waals surface area (Å²) >= 11 is 0. The first-order chi connectivity index (χ1) is 9.52. The molecule has 2 aliphatic carbocycles. The number of hydrogen-bond donors (Lipinski definition) is 1. The van der Waals surface area contributed by atoms with Gasteiger partial charge < -0.3 is 9.52 Å². The lowest BCUT2D eigenvalue weighted by molar-refractivity contribution is -0.124. The maximum absolute atomic E-state index is 12.8. The number of allylic oxidation sites excluding steroid dienone is 2. The Balaban J connectivity index is 1.99. The fourth-order valence-electron chi connectivity index (χ4n) is 3.56. The largest absolute Gasteiger partial charge is 0.465 e. The predicted molar refractivity (Wildman–Crippen MR) is 77.0 cm³/mol. The Morgan fingerprint density at radius 1 is 1.45 bits per heavy atom. The van der Waals surface area contributed by atoms with E-state index in [1.807, 2.05) is 32.1 Å².